The second kappa shape index (κ2) is 15.7. The van der Waals surface area contributed by atoms with Crippen molar-refractivity contribution in [2.45, 2.75) is 64.8 Å². The number of carbonyl (C=O) groups is 5. The Balaban J connectivity index is 1.41. The Morgan fingerprint density at radius 1 is 0.766 bits per heavy atom. The summed E-state index contributed by atoms with van der Waals surface area (Å²) in [6.07, 6.45) is 5.11. The predicted molar refractivity (Wildman–Crippen MR) is 179 cm³/mol. The van der Waals surface area contributed by atoms with Gasteiger partial charge in [-0.05, 0) is 75.5 Å². The number of ether oxygens (including phenoxy) is 3. The Hall–Kier alpha value is -4.07. The van der Waals surface area contributed by atoms with Crippen molar-refractivity contribution in [1.82, 2.24) is 4.90 Å². The number of carbonyl (C=O) groups excluding carboxylic acids is 5. The maximum Gasteiger partial charge on any atom is 0.341 e. The van der Waals surface area contributed by atoms with E-state index in [1.54, 1.807) is 13.8 Å². The normalized spacial score (nSPS) is 13.9. The molecule has 2 aliphatic rings. The summed E-state index contributed by atoms with van der Waals surface area (Å²) in [4.78, 5) is 69.9. The lowest BCUT2D eigenvalue weighted by molar-refractivity contribution is -0.147. The molecule has 2 N–H and O–H groups in total. The zero-order chi connectivity index (χ0) is 33.5. The average Bonchev–Trinajstić information content (AvgIpc) is 3.82. The third-order valence-corrected chi connectivity index (χ3v) is 10.6. The van der Waals surface area contributed by atoms with Crippen molar-refractivity contribution in [3.8, 4) is 0 Å². The largest absolute Gasteiger partial charge is 0.468 e. The van der Waals surface area contributed by atoms with Gasteiger partial charge in [0.05, 0.1) is 44.5 Å². The average molecular weight is 682 g/mol. The Bertz CT molecular complexity index is 1560. The Morgan fingerprint density at radius 3 is 1.70 bits per heavy atom. The van der Waals surface area contributed by atoms with E-state index in [-0.39, 0.29) is 32.7 Å². The summed E-state index contributed by atoms with van der Waals surface area (Å²) in [7, 11) is 1.26. The maximum absolute atomic E-state index is 13.7. The molecule has 2 aromatic heterocycles. The number of esters is 3. The molecule has 0 aliphatic heterocycles. The lowest BCUT2D eigenvalue weighted by atomic mass is 10.0. The zero-order valence-electron chi connectivity index (χ0n) is 26.8. The van der Waals surface area contributed by atoms with Crippen molar-refractivity contribution in [3.05, 3.63) is 67.9 Å². The van der Waals surface area contributed by atoms with Gasteiger partial charge < -0.3 is 24.8 Å². The highest BCUT2D eigenvalue weighted by molar-refractivity contribution is 7.17. The highest BCUT2D eigenvalue weighted by Gasteiger charge is 2.34. The molecule has 1 aromatic carbocycles. The van der Waals surface area contributed by atoms with E-state index >= 15 is 0 Å². The quantitative estimate of drug-likeness (QED) is 0.181. The van der Waals surface area contributed by atoms with Crippen LogP contribution in [0.25, 0.3) is 0 Å². The molecule has 250 valence electrons. The fourth-order valence-corrected chi connectivity index (χ4v) is 8.72. The first-order valence-corrected chi connectivity index (χ1v) is 17.5. The van der Waals surface area contributed by atoms with Gasteiger partial charge >= 0.3 is 17.9 Å². The number of rotatable bonds is 14. The summed E-state index contributed by atoms with van der Waals surface area (Å²) >= 11 is 2.70. The SMILES string of the molecule is CCOC(=O)c1c(NC(=O)CN(CC(=O)Nc2sc3c(c2C(=O)OCC)CCC3)[C@H](Cc2ccccc2)C(=O)OC)sc2c1CCC2. The minimum Gasteiger partial charge on any atom is -0.468 e. The molecule has 11 nitrogen and oxygen atoms in total. The molecule has 0 fully saturated rings. The highest BCUT2D eigenvalue weighted by Crippen LogP contribution is 2.40. The van der Waals surface area contributed by atoms with Gasteiger partial charge in [-0.3, -0.25) is 19.3 Å². The second-order valence-corrected chi connectivity index (χ2v) is 13.5. The van der Waals surface area contributed by atoms with E-state index in [1.807, 2.05) is 30.3 Å². The van der Waals surface area contributed by atoms with Gasteiger partial charge in [0.25, 0.3) is 0 Å². The van der Waals surface area contributed by atoms with Crippen molar-refractivity contribution < 1.29 is 38.2 Å². The summed E-state index contributed by atoms with van der Waals surface area (Å²) < 4.78 is 15.7. The summed E-state index contributed by atoms with van der Waals surface area (Å²) in [6, 6.07) is 8.25. The molecule has 13 heteroatoms. The number of amides is 2. The third-order valence-electron chi connectivity index (χ3n) is 8.19. The molecular formula is C34H39N3O8S2. The Labute approximate surface area is 281 Å². The monoisotopic (exact) mass is 681 g/mol. The van der Waals surface area contributed by atoms with Crippen molar-refractivity contribution in [2.75, 3.05) is 44.0 Å². The number of nitrogens with zero attached hydrogens (tertiary/aromatic N) is 1. The van der Waals surface area contributed by atoms with Crippen LogP contribution in [0.2, 0.25) is 0 Å². The number of anilines is 2. The van der Waals surface area contributed by atoms with Gasteiger partial charge in [0, 0.05) is 9.75 Å². The zero-order valence-corrected chi connectivity index (χ0v) is 28.4. The molecule has 0 spiro atoms. The molecule has 1 atom stereocenters. The lowest BCUT2D eigenvalue weighted by Crippen LogP contribution is -2.50. The van der Waals surface area contributed by atoms with Crippen LogP contribution in [-0.4, -0.2) is 74.1 Å². The molecule has 2 amide bonds. The lowest BCUT2D eigenvalue weighted by Gasteiger charge is -2.29. The van der Waals surface area contributed by atoms with Crippen LogP contribution in [0.4, 0.5) is 10.0 Å². The van der Waals surface area contributed by atoms with E-state index in [0.717, 1.165) is 65.0 Å². The summed E-state index contributed by atoms with van der Waals surface area (Å²) in [5.41, 5.74) is 3.35. The first-order valence-electron chi connectivity index (χ1n) is 15.8. The molecule has 0 bridgehead atoms. The molecule has 0 saturated heterocycles. The van der Waals surface area contributed by atoms with Gasteiger partial charge in [-0.2, -0.15) is 0 Å². The van der Waals surface area contributed by atoms with Gasteiger partial charge in [0.15, 0.2) is 0 Å². The van der Waals surface area contributed by atoms with E-state index in [2.05, 4.69) is 10.6 Å². The molecule has 5 rings (SSSR count). The fraction of sp³-hybridized carbons (Fsp3) is 0.441. The standard InChI is InChI=1S/C34H39N3O8S2/c1-4-44-33(41)28-21-13-9-15-24(21)46-30(28)35-26(38)18-37(23(32(40)43-3)17-20-11-7-6-8-12-20)19-27(39)36-31-29(34(42)45-5-2)22-14-10-16-25(22)47-31/h6-8,11-12,23H,4-5,9-10,13-19H2,1-3H3,(H,35,38)(H,36,39)/t23-/m1/s1. The fourth-order valence-electron chi connectivity index (χ4n) is 6.14. The van der Waals surface area contributed by atoms with E-state index in [9.17, 15) is 24.0 Å². The number of hydrogen-bond donors (Lipinski definition) is 2. The van der Waals surface area contributed by atoms with Crippen LogP contribution in [0.3, 0.4) is 0 Å². The van der Waals surface area contributed by atoms with Crippen LogP contribution < -0.4 is 10.6 Å². The molecule has 3 aromatic rings. The molecule has 2 aliphatic carbocycles. The van der Waals surface area contributed by atoms with Gasteiger partial charge in [0.1, 0.15) is 16.0 Å². The molecule has 0 unspecified atom stereocenters. The Kier molecular flexibility index (Phi) is 11.4. The van der Waals surface area contributed by atoms with Crippen molar-refractivity contribution >= 4 is 62.4 Å². The summed E-state index contributed by atoms with van der Waals surface area (Å²) in [6.45, 7) is 3.15. The predicted octanol–water partition coefficient (Wildman–Crippen LogP) is 4.80. The van der Waals surface area contributed by atoms with Gasteiger partial charge in [-0.1, -0.05) is 30.3 Å². The number of benzene rings is 1. The topological polar surface area (TPSA) is 140 Å². The van der Waals surface area contributed by atoms with Gasteiger partial charge in [-0.15, -0.1) is 22.7 Å². The van der Waals surface area contributed by atoms with Crippen LogP contribution in [0.15, 0.2) is 30.3 Å². The van der Waals surface area contributed by atoms with Gasteiger partial charge in [-0.25, -0.2) is 9.59 Å². The number of methoxy groups -OCH3 is 1. The van der Waals surface area contributed by atoms with Crippen molar-refractivity contribution in [1.29, 1.82) is 0 Å². The molecule has 0 radical (unpaired) electrons. The van der Waals surface area contributed by atoms with Crippen LogP contribution in [-0.2, 0) is 60.7 Å². The van der Waals surface area contributed by atoms with E-state index in [4.69, 9.17) is 14.2 Å². The minimum atomic E-state index is -0.991. The first kappa shape index (κ1) is 34.3. The van der Waals surface area contributed by atoms with E-state index in [1.165, 1.54) is 34.7 Å². The van der Waals surface area contributed by atoms with Gasteiger partial charge in [0.2, 0.25) is 11.8 Å². The maximum atomic E-state index is 13.7. The molecule has 0 saturated carbocycles. The van der Waals surface area contributed by atoms with Crippen molar-refractivity contribution in [3.63, 3.8) is 0 Å². The van der Waals surface area contributed by atoms with Crippen LogP contribution in [0, 0.1) is 0 Å². The smallest absolute Gasteiger partial charge is 0.341 e. The number of fused-ring (bicyclic) bond motifs is 2. The number of nitrogens with one attached hydrogen (secondary N) is 2. The third kappa shape index (κ3) is 7.91. The van der Waals surface area contributed by atoms with E-state index in [0.29, 0.717) is 21.1 Å². The number of aryl methyl sites for hydroxylation is 2. The summed E-state index contributed by atoms with van der Waals surface area (Å²) in [5.74, 6) is -2.61. The first-order chi connectivity index (χ1) is 22.7. The van der Waals surface area contributed by atoms with Crippen LogP contribution in [0.1, 0.15) is 73.8 Å². The molecule has 47 heavy (non-hydrogen) atoms. The van der Waals surface area contributed by atoms with Crippen LogP contribution >= 0.6 is 22.7 Å². The second-order valence-electron chi connectivity index (χ2n) is 11.3. The summed E-state index contributed by atoms with van der Waals surface area (Å²) in [5, 5.41) is 6.52. The van der Waals surface area contributed by atoms with Crippen LogP contribution in [0.5, 0.6) is 0 Å². The molecular weight excluding hydrogens is 643 g/mol. The molecule has 2 heterocycles. The number of thiophene rings is 2. The number of hydrogen-bond acceptors (Lipinski definition) is 11. The van der Waals surface area contributed by atoms with Crippen molar-refractivity contribution in [2.24, 2.45) is 0 Å². The minimum absolute atomic E-state index is 0.177. The Morgan fingerprint density at radius 2 is 1.26 bits per heavy atom. The van der Waals surface area contributed by atoms with E-state index < -0.39 is 35.8 Å². The highest BCUT2D eigenvalue weighted by atomic mass is 32.1.